The van der Waals surface area contributed by atoms with Crippen molar-refractivity contribution in [2.45, 2.75) is 6.42 Å². The Morgan fingerprint density at radius 1 is 1.11 bits per heavy atom. The van der Waals surface area contributed by atoms with Gasteiger partial charge in [-0.25, -0.2) is 0 Å². The number of carbonyl (C=O) groups excluding carboxylic acids is 1. The van der Waals surface area contributed by atoms with Crippen LogP contribution in [0.2, 0.25) is 0 Å². The minimum absolute atomic E-state index is 0.221. The first-order valence-electron chi connectivity index (χ1n) is 8.36. The Hall–Kier alpha value is -3.46. The summed E-state index contributed by atoms with van der Waals surface area (Å²) < 4.78 is 15.9. The number of rotatable bonds is 8. The highest BCUT2D eigenvalue weighted by atomic mass is 16.5. The molecular formula is C21H22N2O4. The monoisotopic (exact) mass is 366 g/mol. The summed E-state index contributed by atoms with van der Waals surface area (Å²) in [6.07, 6.45) is 3.34. The second-order valence-corrected chi connectivity index (χ2v) is 5.52. The molecule has 0 aliphatic heterocycles. The molecule has 27 heavy (non-hydrogen) atoms. The van der Waals surface area contributed by atoms with Gasteiger partial charge in [0.25, 0.3) is 5.91 Å². The van der Waals surface area contributed by atoms with E-state index in [1.165, 1.54) is 11.0 Å². The van der Waals surface area contributed by atoms with Crippen molar-refractivity contribution in [3.05, 3.63) is 54.1 Å². The van der Waals surface area contributed by atoms with Gasteiger partial charge in [-0.2, -0.15) is 5.26 Å². The second-order valence-electron chi connectivity index (χ2n) is 5.52. The lowest BCUT2D eigenvalue weighted by molar-refractivity contribution is -0.114. The zero-order valence-electron chi connectivity index (χ0n) is 15.6. The number of amides is 1. The predicted molar refractivity (Wildman–Crippen MR) is 104 cm³/mol. The van der Waals surface area contributed by atoms with Gasteiger partial charge in [0.15, 0.2) is 11.5 Å². The molecule has 0 saturated carbocycles. The van der Waals surface area contributed by atoms with Crippen molar-refractivity contribution < 1.29 is 19.0 Å². The Kier molecular flexibility index (Phi) is 7.26. The maximum atomic E-state index is 12.8. The molecule has 0 atom stereocenters. The largest absolute Gasteiger partial charge is 0.497 e. The third kappa shape index (κ3) is 5.02. The summed E-state index contributed by atoms with van der Waals surface area (Å²) >= 11 is 0. The SMILES string of the molecule is COc1cccc(N(CCC#N)C(=O)C=Cc2cccc(OC)c2OC)c1. The van der Waals surface area contributed by atoms with E-state index in [0.29, 0.717) is 22.9 Å². The van der Waals surface area contributed by atoms with E-state index in [-0.39, 0.29) is 18.9 Å². The summed E-state index contributed by atoms with van der Waals surface area (Å²) in [6, 6.07) is 14.7. The molecule has 0 aliphatic carbocycles. The van der Waals surface area contributed by atoms with Gasteiger partial charge in [-0.3, -0.25) is 4.79 Å². The van der Waals surface area contributed by atoms with E-state index in [9.17, 15) is 4.79 Å². The quantitative estimate of drug-likeness (QED) is 0.667. The van der Waals surface area contributed by atoms with Gasteiger partial charge in [-0.05, 0) is 24.3 Å². The number of ether oxygens (including phenoxy) is 3. The number of nitriles is 1. The minimum Gasteiger partial charge on any atom is -0.497 e. The Labute approximate surface area is 159 Å². The Bertz CT molecular complexity index is 856. The molecule has 0 N–H and O–H groups in total. The van der Waals surface area contributed by atoms with Crippen molar-refractivity contribution in [3.8, 4) is 23.3 Å². The van der Waals surface area contributed by atoms with Crippen LogP contribution in [0.25, 0.3) is 6.08 Å². The average Bonchev–Trinajstić information content (AvgIpc) is 2.72. The Balaban J connectivity index is 2.31. The molecule has 2 aromatic rings. The van der Waals surface area contributed by atoms with Crippen LogP contribution in [0.1, 0.15) is 12.0 Å². The third-order valence-electron chi connectivity index (χ3n) is 3.92. The average molecular weight is 366 g/mol. The van der Waals surface area contributed by atoms with Crippen molar-refractivity contribution >= 4 is 17.7 Å². The lowest BCUT2D eigenvalue weighted by Crippen LogP contribution is -2.30. The first-order valence-corrected chi connectivity index (χ1v) is 8.36. The van der Waals surface area contributed by atoms with E-state index < -0.39 is 0 Å². The van der Waals surface area contributed by atoms with Gasteiger partial charge in [0.1, 0.15) is 5.75 Å². The first kappa shape index (κ1) is 19.9. The number of para-hydroxylation sites is 1. The molecule has 0 spiro atoms. The molecule has 0 fully saturated rings. The molecule has 0 aliphatic rings. The number of methoxy groups -OCH3 is 3. The number of carbonyl (C=O) groups is 1. The Morgan fingerprint density at radius 3 is 2.56 bits per heavy atom. The number of benzene rings is 2. The fourth-order valence-electron chi connectivity index (χ4n) is 2.60. The van der Waals surface area contributed by atoms with E-state index in [0.717, 1.165) is 5.56 Å². The van der Waals surface area contributed by atoms with Crippen molar-refractivity contribution in [3.63, 3.8) is 0 Å². The fraction of sp³-hybridized carbons (Fsp3) is 0.238. The van der Waals surface area contributed by atoms with Crippen LogP contribution < -0.4 is 19.1 Å². The van der Waals surface area contributed by atoms with Gasteiger partial charge < -0.3 is 19.1 Å². The van der Waals surface area contributed by atoms with Crippen LogP contribution in [0, 0.1) is 11.3 Å². The summed E-state index contributed by atoms with van der Waals surface area (Å²) in [5.41, 5.74) is 1.38. The van der Waals surface area contributed by atoms with E-state index in [2.05, 4.69) is 6.07 Å². The normalized spacial score (nSPS) is 10.3. The zero-order chi connectivity index (χ0) is 19.6. The maximum absolute atomic E-state index is 12.8. The molecule has 0 bridgehead atoms. The van der Waals surface area contributed by atoms with Gasteiger partial charge in [-0.1, -0.05) is 18.2 Å². The van der Waals surface area contributed by atoms with Crippen molar-refractivity contribution in [1.29, 1.82) is 5.26 Å². The van der Waals surface area contributed by atoms with Gasteiger partial charge >= 0.3 is 0 Å². The summed E-state index contributed by atoms with van der Waals surface area (Å²) in [5, 5.41) is 8.92. The van der Waals surface area contributed by atoms with Crippen LogP contribution in [-0.2, 0) is 4.79 Å². The van der Waals surface area contributed by atoms with Crippen LogP contribution in [0.5, 0.6) is 17.2 Å². The van der Waals surface area contributed by atoms with Crippen LogP contribution in [0.15, 0.2) is 48.5 Å². The van der Waals surface area contributed by atoms with Gasteiger partial charge in [0, 0.05) is 29.9 Å². The summed E-state index contributed by atoms with van der Waals surface area (Å²) in [4.78, 5) is 14.3. The smallest absolute Gasteiger partial charge is 0.251 e. The van der Waals surface area contributed by atoms with Crippen molar-refractivity contribution in [2.24, 2.45) is 0 Å². The molecule has 6 nitrogen and oxygen atoms in total. The van der Waals surface area contributed by atoms with Crippen LogP contribution in [0.4, 0.5) is 5.69 Å². The van der Waals surface area contributed by atoms with Crippen molar-refractivity contribution in [2.75, 3.05) is 32.8 Å². The lowest BCUT2D eigenvalue weighted by atomic mass is 10.1. The standard InChI is InChI=1S/C21H22N2O4/c1-25-18-9-5-8-17(15-18)23(14-6-13-22)20(24)12-11-16-7-4-10-19(26-2)21(16)27-3/h4-5,7-12,15H,6,14H2,1-3H3. The molecule has 1 amide bonds. The van der Waals surface area contributed by atoms with Crippen LogP contribution >= 0.6 is 0 Å². The Morgan fingerprint density at radius 2 is 1.89 bits per heavy atom. The van der Waals surface area contributed by atoms with Crippen LogP contribution in [-0.4, -0.2) is 33.8 Å². The fourth-order valence-corrected chi connectivity index (χ4v) is 2.60. The van der Waals surface area contributed by atoms with Crippen LogP contribution in [0.3, 0.4) is 0 Å². The zero-order valence-corrected chi connectivity index (χ0v) is 15.6. The van der Waals surface area contributed by atoms with E-state index in [4.69, 9.17) is 19.5 Å². The first-order chi connectivity index (χ1) is 13.1. The molecule has 2 aromatic carbocycles. The molecule has 0 aromatic heterocycles. The summed E-state index contributed by atoms with van der Waals surface area (Å²) in [5.74, 6) is 1.53. The van der Waals surface area contributed by atoms with Gasteiger partial charge in [0.2, 0.25) is 0 Å². The van der Waals surface area contributed by atoms with E-state index in [1.54, 1.807) is 57.7 Å². The highest BCUT2D eigenvalue weighted by molar-refractivity contribution is 6.04. The highest BCUT2D eigenvalue weighted by Gasteiger charge is 2.14. The molecule has 140 valence electrons. The number of hydrogen-bond donors (Lipinski definition) is 0. The molecular weight excluding hydrogens is 344 g/mol. The number of anilines is 1. The molecule has 0 heterocycles. The lowest BCUT2D eigenvalue weighted by Gasteiger charge is -2.20. The summed E-state index contributed by atoms with van der Waals surface area (Å²) in [6.45, 7) is 0.280. The second kappa shape index (κ2) is 9.88. The molecule has 0 unspecified atom stereocenters. The molecule has 2 rings (SSSR count). The van der Waals surface area contributed by atoms with Gasteiger partial charge in [0.05, 0.1) is 33.8 Å². The number of nitrogens with zero attached hydrogens (tertiary/aromatic N) is 2. The van der Waals surface area contributed by atoms with E-state index in [1.807, 2.05) is 12.1 Å². The maximum Gasteiger partial charge on any atom is 0.251 e. The van der Waals surface area contributed by atoms with E-state index >= 15 is 0 Å². The molecule has 0 radical (unpaired) electrons. The topological polar surface area (TPSA) is 71.8 Å². The molecule has 0 saturated heterocycles. The highest BCUT2D eigenvalue weighted by Crippen LogP contribution is 2.31. The van der Waals surface area contributed by atoms with Gasteiger partial charge in [-0.15, -0.1) is 0 Å². The molecule has 6 heteroatoms. The minimum atomic E-state index is -0.247. The van der Waals surface area contributed by atoms with Crippen molar-refractivity contribution in [1.82, 2.24) is 0 Å². The third-order valence-corrected chi connectivity index (χ3v) is 3.92. The summed E-state index contributed by atoms with van der Waals surface area (Å²) in [7, 11) is 4.67. The number of hydrogen-bond acceptors (Lipinski definition) is 5. The predicted octanol–water partition coefficient (Wildman–Crippen LogP) is 3.67.